The number of allylic oxidation sites excluding steroid dienone is 1. The number of hydrogen-bond acceptors (Lipinski definition) is 8. The molecule has 0 spiro atoms. The monoisotopic (exact) mass is 558 g/mol. The molecule has 208 valence electrons. The van der Waals surface area contributed by atoms with E-state index in [2.05, 4.69) is 6.07 Å². The van der Waals surface area contributed by atoms with E-state index in [-0.39, 0.29) is 23.0 Å². The Morgan fingerprint density at radius 2 is 1.76 bits per heavy atom. The lowest BCUT2D eigenvalue weighted by molar-refractivity contribution is 0.0702. The zero-order valence-electron chi connectivity index (χ0n) is 22.9. The number of hydrogen-bond donors (Lipinski definition) is 1. The summed E-state index contributed by atoms with van der Waals surface area (Å²) in [6.45, 7) is 2.19. The van der Waals surface area contributed by atoms with Gasteiger partial charge in [-0.1, -0.05) is 60.7 Å². The van der Waals surface area contributed by atoms with Crippen molar-refractivity contribution < 1.29 is 28.2 Å². The molecule has 8 nitrogen and oxygen atoms in total. The first-order valence-electron chi connectivity index (χ1n) is 13.2. The maximum absolute atomic E-state index is 13.0. The first-order chi connectivity index (χ1) is 20.5. The summed E-state index contributed by atoms with van der Waals surface area (Å²) < 4.78 is 28.9. The van der Waals surface area contributed by atoms with Gasteiger partial charge in [-0.3, -0.25) is 0 Å². The van der Waals surface area contributed by atoms with Crippen LogP contribution in [0.2, 0.25) is 0 Å². The number of nitrogens with zero attached hydrogens (tertiary/aromatic N) is 1. The maximum atomic E-state index is 13.0. The molecule has 4 aromatic carbocycles. The van der Waals surface area contributed by atoms with Gasteiger partial charge in [0.2, 0.25) is 11.6 Å². The molecule has 0 radical (unpaired) electrons. The van der Waals surface area contributed by atoms with Crippen LogP contribution in [0.15, 0.2) is 107 Å². The van der Waals surface area contributed by atoms with Gasteiger partial charge in [0, 0.05) is 22.6 Å². The molecule has 5 aromatic rings. The van der Waals surface area contributed by atoms with E-state index in [4.69, 9.17) is 29.1 Å². The minimum Gasteiger partial charge on any atom is -0.493 e. The highest BCUT2D eigenvalue weighted by Gasteiger charge is 2.32. The normalized spacial score (nSPS) is 14.1. The first-order valence-corrected chi connectivity index (χ1v) is 13.2. The summed E-state index contributed by atoms with van der Waals surface area (Å²) in [5.41, 5.74) is 10.2. The van der Waals surface area contributed by atoms with E-state index in [1.807, 2.05) is 73.7 Å². The second-order valence-electron chi connectivity index (χ2n) is 9.75. The molecule has 6 rings (SSSR count). The lowest BCUT2D eigenvalue weighted by Crippen LogP contribution is -2.21. The fourth-order valence-corrected chi connectivity index (χ4v) is 5.08. The van der Waals surface area contributed by atoms with E-state index >= 15 is 0 Å². The SMILES string of the molecule is COc1cc(C2C(C#N)=C(N)Oc3cc(OC(=O)c4oc5ccccc5c4C)ccc32)ccc1OCc1ccccc1. The number of para-hydroxylation sites is 1. The molecule has 0 saturated carbocycles. The van der Waals surface area contributed by atoms with Gasteiger partial charge in [0.15, 0.2) is 11.5 Å². The predicted molar refractivity (Wildman–Crippen MR) is 155 cm³/mol. The Labute approximate surface area is 242 Å². The number of benzene rings is 4. The number of methoxy groups -OCH3 is 1. The Hall–Kier alpha value is -5.68. The Morgan fingerprint density at radius 1 is 0.976 bits per heavy atom. The molecule has 42 heavy (non-hydrogen) atoms. The summed E-state index contributed by atoms with van der Waals surface area (Å²) in [6, 6.07) is 29.9. The molecule has 0 aliphatic carbocycles. The zero-order chi connectivity index (χ0) is 29.2. The fourth-order valence-electron chi connectivity index (χ4n) is 5.08. The minimum absolute atomic E-state index is 0.0324. The molecule has 0 amide bonds. The highest BCUT2D eigenvalue weighted by atomic mass is 16.5. The molecule has 1 aliphatic rings. The van der Waals surface area contributed by atoms with Crippen molar-refractivity contribution in [3.05, 3.63) is 130 Å². The standard InChI is InChI=1S/C34H26N2O6/c1-20-24-10-6-7-11-27(24)41-32(20)34(37)40-23-13-14-25-29(17-23)42-33(36)26(18-35)31(25)22-12-15-28(30(16-22)38-2)39-19-21-8-4-3-5-9-21/h3-17,31H,19,36H2,1-2H3. The molecular formula is C34H26N2O6. The molecule has 1 unspecified atom stereocenters. The molecule has 1 aromatic heterocycles. The first kappa shape index (κ1) is 26.5. The molecule has 0 bridgehead atoms. The van der Waals surface area contributed by atoms with Crippen LogP contribution in [0.3, 0.4) is 0 Å². The summed E-state index contributed by atoms with van der Waals surface area (Å²) in [5, 5.41) is 10.8. The summed E-state index contributed by atoms with van der Waals surface area (Å²) in [6.07, 6.45) is 0. The van der Waals surface area contributed by atoms with E-state index in [1.54, 1.807) is 31.4 Å². The van der Waals surface area contributed by atoms with Crippen molar-refractivity contribution in [1.29, 1.82) is 5.26 Å². The lowest BCUT2D eigenvalue weighted by atomic mass is 9.83. The van der Waals surface area contributed by atoms with Gasteiger partial charge in [0.05, 0.1) is 13.0 Å². The van der Waals surface area contributed by atoms with Gasteiger partial charge >= 0.3 is 5.97 Å². The third kappa shape index (κ3) is 4.88. The van der Waals surface area contributed by atoms with Crippen LogP contribution in [0.1, 0.15) is 38.7 Å². The van der Waals surface area contributed by atoms with E-state index in [0.29, 0.717) is 40.6 Å². The molecule has 2 N–H and O–H groups in total. The van der Waals surface area contributed by atoms with Crippen molar-refractivity contribution in [2.45, 2.75) is 19.4 Å². The highest BCUT2D eigenvalue weighted by molar-refractivity contribution is 5.96. The van der Waals surface area contributed by atoms with Crippen molar-refractivity contribution in [2.24, 2.45) is 5.73 Å². The molecule has 2 heterocycles. The number of rotatable bonds is 7. The van der Waals surface area contributed by atoms with Crippen LogP contribution in [0.5, 0.6) is 23.0 Å². The van der Waals surface area contributed by atoms with Gasteiger partial charge < -0.3 is 29.1 Å². The van der Waals surface area contributed by atoms with E-state index in [1.165, 1.54) is 0 Å². The minimum atomic E-state index is -0.631. The Balaban J connectivity index is 1.29. The van der Waals surface area contributed by atoms with E-state index < -0.39 is 11.9 Å². The number of nitrogens with two attached hydrogens (primary N) is 1. The second-order valence-corrected chi connectivity index (χ2v) is 9.75. The summed E-state index contributed by atoms with van der Waals surface area (Å²) >= 11 is 0. The average molecular weight is 559 g/mol. The fraction of sp³-hybridized carbons (Fsp3) is 0.118. The smallest absolute Gasteiger partial charge is 0.379 e. The van der Waals surface area contributed by atoms with Gasteiger partial charge in [0.25, 0.3) is 0 Å². The molecule has 1 atom stereocenters. The van der Waals surface area contributed by atoms with Crippen molar-refractivity contribution in [1.82, 2.24) is 0 Å². The van der Waals surface area contributed by atoms with E-state index in [9.17, 15) is 10.1 Å². The van der Waals surface area contributed by atoms with Crippen molar-refractivity contribution >= 4 is 16.9 Å². The number of carbonyl (C=O) groups excluding carboxylic acids is 1. The summed E-state index contributed by atoms with van der Waals surface area (Å²) in [7, 11) is 1.56. The zero-order valence-corrected chi connectivity index (χ0v) is 22.9. The third-order valence-electron chi connectivity index (χ3n) is 7.19. The summed E-state index contributed by atoms with van der Waals surface area (Å²) in [4.78, 5) is 13.0. The van der Waals surface area contributed by atoms with Crippen LogP contribution in [-0.2, 0) is 6.61 Å². The number of nitriles is 1. The molecule has 1 aliphatic heterocycles. The van der Waals surface area contributed by atoms with Crippen LogP contribution in [-0.4, -0.2) is 13.1 Å². The lowest BCUT2D eigenvalue weighted by Gasteiger charge is -2.27. The van der Waals surface area contributed by atoms with Crippen molar-refractivity contribution in [3.63, 3.8) is 0 Å². The Kier molecular flexibility index (Phi) is 6.99. The molecule has 0 saturated heterocycles. The number of ether oxygens (including phenoxy) is 4. The van der Waals surface area contributed by atoms with Crippen molar-refractivity contribution in [2.75, 3.05) is 7.11 Å². The Morgan fingerprint density at radius 3 is 2.52 bits per heavy atom. The van der Waals surface area contributed by atoms with Gasteiger partial charge in [-0.25, -0.2) is 4.79 Å². The number of carbonyl (C=O) groups is 1. The van der Waals surface area contributed by atoms with Crippen LogP contribution < -0.4 is 24.7 Å². The summed E-state index contributed by atoms with van der Waals surface area (Å²) in [5.74, 6) is 0.608. The topological polar surface area (TPSA) is 117 Å². The van der Waals surface area contributed by atoms with Crippen LogP contribution in [0, 0.1) is 18.3 Å². The van der Waals surface area contributed by atoms with Crippen molar-refractivity contribution in [3.8, 4) is 29.1 Å². The third-order valence-corrected chi connectivity index (χ3v) is 7.19. The van der Waals surface area contributed by atoms with Crippen LogP contribution in [0.25, 0.3) is 11.0 Å². The van der Waals surface area contributed by atoms with Crippen LogP contribution in [0.4, 0.5) is 0 Å². The van der Waals surface area contributed by atoms with Gasteiger partial charge in [-0.2, -0.15) is 5.26 Å². The molecule has 8 heteroatoms. The molecular weight excluding hydrogens is 532 g/mol. The van der Waals surface area contributed by atoms with E-state index in [0.717, 1.165) is 16.5 Å². The highest BCUT2D eigenvalue weighted by Crippen LogP contribution is 2.45. The predicted octanol–water partition coefficient (Wildman–Crippen LogP) is 6.77. The van der Waals surface area contributed by atoms with Crippen LogP contribution >= 0.6 is 0 Å². The van der Waals surface area contributed by atoms with Gasteiger partial charge in [0.1, 0.15) is 35.3 Å². The number of furan rings is 1. The van der Waals surface area contributed by atoms with Gasteiger partial charge in [-0.15, -0.1) is 0 Å². The maximum Gasteiger partial charge on any atom is 0.379 e. The molecule has 0 fully saturated rings. The quantitative estimate of drug-likeness (QED) is 0.172. The number of fused-ring (bicyclic) bond motifs is 2. The Bertz CT molecular complexity index is 1880. The number of esters is 1. The second kappa shape index (κ2) is 11.1. The average Bonchev–Trinajstić information content (AvgIpc) is 3.36. The number of aryl methyl sites for hydroxylation is 1. The van der Waals surface area contributed by atoms with Gasteiger partial charge in [-0.05, 0) is 42.3 Å². The largest absolute Gasteiger partial charge is 0.493 e.